The summed E-state index contributed by atoms with van der Waals surface area (Å²) in [6.45, 7) is -0.0775. The number of anilines is 1. The maximum atomic E-state index is 11.6. The Morgan fingerprint density at radius 3 is 2.53 bits per heavy atom. The van der Waals surface area contributed by atoms with Crippen LogP contribution in [-0.2, 0) is 4.79 Å². The predicted molar refractivity (Wildman–Crippen MR) is 69.4 cm³/mol. The normalized spacial score (nSPS) is 9.12. The van der Waals surface area contributed by atoms with Gasteiger partial charge < -0.3 is 16.0 Å². The number of carbonyl (C=O) groups is 2. The van der Waals surface area contributed by atoms with Crippen LogP contribution in [0.3, 0.4) is 0 Å². The molecule has 0 saturated heterocycles. The first kappa shape index (κ1) is 15.4. The Kier molecular flexibility index (Phi) is 6.23. The molecule has 0 radical (unpaired) electrons. The highest BCUT2D eigenvalue weighted by molar-refractivity contribution is 5.97. The molecule has 0 bridgehead atoms. The minimum Gasteiger partial charge on any atom is -0.345 e. The monoisotopic (exact) mass is 257 g/mol. The van der Waals surface area contributed by atoms with E-state index in [9.17, 15) is 9.59 Å². The average Bonchev–Trinajstić information content (AvgIpc) is 2.28. The first-order valence-electron chi connectivity index (χ1n) is 4.86. The SMILES string of the molecule is CN(C)C(=O)c1cccc(NC(=O)CN)c1.Cl. The summed E-state index contributed by atoms with van der Waals surface area (Å²) < 4.78 is 0. The number of amides is 2. The zero-order valence-electron chi connectivity index (χ0n) is 9.77. The van der Waals surface area contributed by atoms with Gasteiger partial charge in [-0.3, -0.25) is 9.59 Å². The molecule has 94 valence electrons. The quantitative estimate of drug-likeness (QED) is 0.837. The molecule has 0 aliphatic heterocycles. The van der Waals surface area contributed by atoms with Crippen LogP contribution in [0, 0.1) is 0 Å². The van der Waals surface area contributed by atoms with Crippen LogP contribution >= 0.6 is 12.4 Å². The van der Waals surface area contributed by atoms with Crippen LogP contribution in [0.4, 0.5) is 5.69 Å². The summed E-state index contributed by atoms with van der Waals surface area (Å²) in [5.41, 5.74) is 6.28. The molecule has 0 saturated carbocycles. The molecule has 0 heterocycles. The zero-order chi connectivity index (χ0) is 12.1. The summed E-state index contributed by atoms with van der Waals surface area (Å²) in [6.07, 6.45) is 0. The maximum absolute atomic E-state index is 11.6. The van der Waals surface area contributed by atoms with Gasteiger partial charge in [-0.2, -0.15) is 0 Å². The highest BCUT2D eigenvalue weighted by Gasteiger charge is 2.08. The summed E-state index contributed by atoms with van der Waals surface area (Å²) in [4.78, 5) is 24.2. The van der Waals surface area contributed by atoms with Crippen molar-refractivity contribution in [3.8, 4) is 0 Å². The van der Waals surface area contributed by atoms with Crippen molar-refractivity contribution < 1.29 is 9.59 Å². The minimum absolute atomic E-state index is 0. The first-order valence-corrected chi connectivity index (χ1v) is 4.86. The number of hydrogen-bond acceptors (Lipinski definition) is 3. The lowest BCUT2D eigenvalue weighted by atomic mass is 10.2. The van der Waals surface area contributed by atoms with E-state index in [2.05, 4.69) is 5.32 Å². The number of nitrogens with zero attached hydrogens (tertiary/aromatic N) is 1. The third-order valence-electron chi connectivity index (χ3n) is 1.98. The number of nitrogens with two attached hydrogens (primary N) is 1. The standard InChI is InChI=1S/C11H15N3O2.ClH/c1-14(2)11(16)8-4-3-5-9(6-8)13-10(15)7-12;/h3-6H,7,12H2,1-2H3,(H,13,15);1H. The van der Waals surface area contributed by atoms with Gasteiger partial charge >= 0.3 is 0 Å². The predicted octanol–water partition coefficient (Wildman–Crippen LogP) is 0.707. The molecule has 3 N–H and O–H groups in total. The smallest absolute Gasteiger partial charge is 0.253 e. The van der Waals surface area contributed by atoms with E-state index in [0.29, 0.717) is 11.3 Å². The van der Waals surface area contributed by atoms with Crippen LogP contribution in [0.5, 0.6) is 0 Å². The number of benzene rings is 1. The van der Waals surface area contributed by atoms with Crippen molar-refractivity contribution in [3.05, 3.63) is 29.8 Å². The van der Waals surface area contributed by atoms with Crippen LogP contribution in [0.2, 0.25) is 0 Å². The van der Waals surface area contributed by atoms with Crippen LogP contribution in [-0.4, -0.2) is 37.4 Å². The number of nitrogens with one attached hydrogen (secondary N) is 1. The van der Waals surface area contributed by atoms with Crippen LogP contribution in [0.1, 0.15) is 10.4 Å². The van der Waals surface area contributed by atoms with Gasteiger partial charge in [0.2, 0.25) is 5.91 Å². The fraction of sp³-hybridized carbons (Fsp3) is 0.273. The molecule has 0 fully saturated rings. The Hall–Kier alpha value is -1.59. The molecular weight excluding hydrogens is 242 g/mol. The van der Waals surface area contributed by atoms with E-state index in [1.165, 1.54) is 4.90 Å². The zero-order valence-corrected chi connectivity index (χ0v) is 10.6. The molecule has 0 spiro atoms. The van der Waals surface area contributed by atoms with E-state index in [1.807, 2.05) is 0 Å². The average molecular weight is 258 g/mol. The summed E-state index contributed by atoms with van der Waals surface area (Å²) in [5.74, 6) is -0.390. The molecule has 0 aliphatic rings. The molecule has 1 rings (SSSR count). The topological polar surface area (TPSA) is 75.4 Å². The van der Waals surface area contributed by atoms with E-state index in [4.69, 9.17) is 5.73 Å². The second-order valence-electron chi connectivity index (χ2n) is 3.53. The summed E-state index contributed by atoms with van der Waals surface area (Å²) in [7, 11) is 3.35. The van der Waals surface area contributed by atoms with Gasteiger partial charge in [0, 0.05) is 25.3 Å². The van der Waals surface area contributed by atoms with Crippen molar-refractivity contribution in [2.75, 3.05) is 26.0 Å². The largest absolute Gasteiger partial charge is 0.345 e. The van der Waals surface area contributed by atoms with E-state index in [-0.39, 0.29) is 30.8 Å². The lowest BCUT2D eigenvalue weighted by molar-refractivity contribution is -0.114. The number of carbonyl (C=O) groups excluding carboxylic acids is 2. The van der Waals surface area contributed by atoms with Crippen molar-refractivity contribution in [3.63, 3.8) is 0 Å². The van der Waals surface area contributed by atoms with Crippen molar-refractivity contribution in [1.29, 1.82) is 0 Å². The van der Waals surface area contributed by atoms with Gasteiger partial charge in [0.1, 0.15) is 0 Å². The van der Waals surface area contributed by atoms with E-state index in [0.717, 1.165) is 0 Å². The molecular formula is C11H16ClN3O2. The molecule has 0 atom stereocenters. The highest BCUT2D eigenvalue weighted by atomic mass is 35.5. The van der Waals surface area contributed by atoms with Crippen LogP contribution < -0.4 is 11.1 Å². The third-order valence-corrected chi connectivity index (χ3v) is 1.98. The van der Waals surface area contributed by atoms with Gasteiger partial charge in [-0.1, -0.05) is 6.07 Å². The Balaban J connectivity index is 0.00000256. The van der Waals surface area contributed by atoms with Crippen molar-refractivity contribution in [1.82, 2.24) is 4.90 Å². The number of halogens is 1. The summed E-state index contributed by atoms with van der Waals surface area (Å²) in [5, 5.41) is 2.59. The van der Waals surface area contributed by atoms with Gasteiger partial charge in [-0.25, -0.2) is 0 Å². The van der Waals surface area contributed by atoms with Crippen LogP contribution in [0.25, 0.3) is 0 Å². The Labute approximate surface area is 106 Å². The second-order valence-corrected chi connectivity index (χ2v) is 3.53. The fourth-order valence-electron chi connectivity index (χ4n) is 1.20. The number of hydrogen-bond donors (Lipinski definition) is 2. The highest BCUT2D eigenvalue weighted by Crippen LogP contribution is 2.11. The van der Waals surface area contributed by atoms with Crippen LogP contribution in [0.15, 0.2) is 24.3 Å². The molecule has 17 heavy (non-hydrogen) atoms. The van der Waals surface area contributed by atoms with Crippen molar-refractivity contribution in [2.24, 2.45) is 5.73 Å². The third kappa shape index (κ3) is 4.42. The van der Waals surface area contributed by atoms with Gasteiger partial charge in [-0.05, 0) is 18.2 Å². The van der Waals surface area contributed by atoms with E-state index in [1.54, 1.807) is 38.4 Å². The first-order chi connectivity index (χ1) is 7.54. The van der Waals surface area contributed by atoms with Gasteiger partial charge in [0.05, 0.1) is 6.54 Å². The molecule has 0 aliphatic carbocycles. The summed E-state index contributed by atoms with van der Waals surface area (Å²) in [6, 6.07) is 6.74. The van der Waals surface area contributed by atoms with Gasteiger partial charge in [0.25, 0.3) is 5.91 Å². The molecule has 1 aromatic rings. The molecule has 5 nitrogen and oxygen atoms in total. The molecule has 1 aromatic carbocycles. The van der Waals surface area contributed by atoms with E-state index >= 15 is 0 Å². The number of rotatable bonds is 3. The van der Waals surface area contributed by atoms with Crippen molar-refractivity contribution in [2.45, 2.75) is 0 Å². The Morgan fingerprint density at radius 1 is 1.35 bits per heavy atom. The lowest BCUT2D eigenvalue weighted by Gasteiger charge is -2.11. The molecule has 2 amide bonds. The van der Waals surface area contributed by atoms with Crippen molar-refractivity contribution >= 4 is 29.9 Å². The Morgan fingerprint density at radius 2 is 2.00 bits per heavy atom. The molecule has 0 unspecified atom stereocenters. The second kappa shape index (κ2) is 6.88. The van der Waals surface area contributed by atoms with Gasteiger partial charge in [0.15, 0.2) is 0 Å². The minimum atomic E-state index is -0.283. The molecule has 6 heteroatoms. The van der Waals surface area contributed by atoms with E-state index < -0.39 is 0 Å². The maximum Gasteiger partial charge on any atom is 0.253 e. The Bertz CT molecular complexity index is 407. The molecule has 0 aromatic heterocycles. The van der Waals surface area contributed by atoms with Gasteiger partial charge in [-0.15, -0.1) is 12.4 Å². The lowest BCUT2D eigenvalue weighted by Crippen LogP contribution is -2.23. The fourth-order valence-corrected chi connectivity index (χ4v) is 1.20. The summed E-state index contributed by atoms with van der Waals surface area (Å²) >= 11 is 0.